The van der Waals surface area contributed by atoms with Crippen LogP contribution in [0.2, 0.25) is 5.02 Å². The smallest absolute Gasteiger partial charge is 0.311 e. The second-order valence-corrected chi connectivity index (χ2v) is 7.06. The minimum Gasteiger partial charge on any atom is -0.481 e. The molecule has 0 aromatic carbocycles. The average molecular weight is 314 g/mol. The summed E-state index contributed by atoms with van der Waals surface area (Å²) >= 11 is 7.48. The number of amides is 1. The minimum atomic E-state index is -0.760. The number of aliphatic carboxylic acids is 1. The number of aryl methyl sites for hydroxylation is 1. The fraction of sp³-hybridized carbons (Fsp3) is 0.571. The third kappa shape index (κ3) is 1.87. The Labute approximate surface area is 126 Å². The van der Waals surface area contributed by atoms with Crippen LogP contribution < -0.4 is 0 Å². The van der Waals surface area contributed by atoms with Gasteiger partial charge in [-0.25, -0.2) is 0 Å². The number of likely N-dealkylation sites (tertiary alicyclic amines) is 1. The molecule has 1 aromatic heterocycles. The van der Waals surface area contributed by atoms with E-state index in [-0.39, 0.29) is 11.8 Å². The normalized spacial score (nSPS) is 28.7. The van der Waals surface area contributed by atoms with Gasteiger partial charge in [-0.2, -0.15) is 0 Å². The van der Waals surface area contributed by atoms with E-state index in [4.69, 9.17) is 11.6 Å². The number of nitrogens with zero attached hydrogens (tertiary/aromatic N) is 1. The summed E-state index contributed by atoms with van der Waals surface area (Å²) in [4.78, 5) is 26.4. The zero-order chi connectivity index (χ0) is 14.5. The van der Waals surface area contributed by atoms with Gasteiger partial charge in [-0.3, -0.25) is 9.59 Å². The number of hydrogen-bond donors (Lipinski definition) is 1. The maximum atomic E-state index is 12.5. The van der Waals surface area contributed by atoms with E-state index in [1.807, 2.05) is 12.3 Å². The van der Waals surface area contributed by atoms with Gasteiger partial charge in [0.05, 0.1) is 10.4 Å². The first-order valence-electron chi connectivity index (χ1n) is 6.72. The highest BCUT2D eigenvalue weighted by Gasteiger charge is 2.56. The Bertz CT molecular complexity index is 585. The standard InChI is InChI=1S/C14H16ClNO3S/c1-8-6-20-11(10(8)15)12(17)16-5-9-3-2-4-14(9,7-16)13(18)19/h6,9H,2-5,7H2,1H3,(H,18,19)/t9-,14+/m0/s1. The lowest BCUT2D eigenvalue weighted by atomic mass is 9.81. The number of halogens is 1. The molecule has 2 heterocycles. The molecule has 1 aliphatic heterocycles. The van der Waals surface area contributed by atoms with E-state index >= 15 is 0 Å². The van der Waals surface area contributed by atoms with E-state index in [2.05, 4.69) is 0 Å². The molecule has 0 spiro atoms. The third-order valence-corrected chi connectivity index (χ3v) is 6.36. The van der Waals surface area contributed by atoms with Crippen molar-refractivity contribution in [1.29, 1.82) is 0 Å². The van der Waals surface area contributed by atoms with Crippen molar-refractivity contribution in [2.24, 2.45) is 11.3 Å². The highest BCUT2D eigenvalue weighted by atomic mass is 35.5. The zero-order valence-electron chi connectivity index (χ0n) is 11.2. The zero-order valence-corrected chi connectivity index (χ0v) is 12.8. The van der Waals surface area contributed by atoms with Crippen molar-refractivity contribution >= 4 is 34.8 Å². The number of rotatable bonds is 2. The number of fused-ring (bicyclic) bond motifs is 1. The van der Waals surface area contributed by atoms with E-state index in [1.165, 1.54) is 11.3 Å². The van der Waals surface area contributed by atoms with Crippen LogP contribution in [-0.4, -0.2) is 35.0 Å². The van der Waals surface area contributed by atoms with Crippen LogP contribution in [0.3, 0.4) is 0 Å². The van der Waals surface area contributed by atoms with E-state index in [1.54, 1.807) is 4.90 Å². The fourth-order valence-corrected chi connectivity index (χ4v) is 4.75. The summed E-state index contributed by atoms with van der Waals surface area (Å²) in [6, 6.07) is 0. The quantitative estimate of drug-likeness (QED) is 0.913. The van der Waals surface area contributed by atoms with Gasteiger partial charge in [0.25, 0.3) is 5.91 Å². The third-order valence-electron chi connectivity index (χ3n) is 4.68. The predicted molar refractivity (Wildman–Crippen MR) is 77.4 cm³/mol. The fourth-order valence-electron chi connectivity index (χ4n) is 3.51. The lowest BCUT2D eigenvalue weighted by Gasteiger charge is -2.23. The van der Waals surface area contributed by atoms with Crippen molar-refractivity contribution in [1.82, 2.24) is 4.90 Å². The topological polar surface area (TPSA) is 57.6 Å². The number of thiophene rings is 1. The molecular formula is C14H16ClNO3S. The molecule has 20 heavy (non-hydrogen) atoms. The number of carboxylic acid groups (broad SMARTS) is 1. The molecule has 1 amide bonds. The molecule has 1 N–H and O–H groups in total. The molecule has 0 bridgehead atoms. The lowest BCUT2D eigenvalue weighted by Crippen LogP contribution is -2.37. The van der Waals surface area contributed by atoms with Gasteiger partial charge in [-0.05, 0) is 36.6 Å². The minimum absolute atomic E-state index is 0.0868. The largest absolute Gasteiger partial charge is 0.481 e. The van der Waals surface area contributed by atoms with Gasteiger partial charge < -0.3 is 10.0 Å². The van der Waals surface area contributed by atoms with E-state index in [0.29, 0.717) is 29.4 Å². The van der Waals surface area contributed by atoms with Crippen molar-refractivity contribution in [2.75, 3.05) is 13.1 Å². The summed E-state index contributed by atoms with van der Waals surface area (Å²) in [6.07, 6.45) is 2.51. The summed E-state index contributed by atoms with van der Waals surface area (Å²) in [6.45, 7) is 2.73. The lowest BCUT2D eigenvalue weighted by molar-refractivity contribution is -0.149. The molecule has 108 valence electrons. The Hall–Kier alpha value is -1.07. The molecule has 2 atom stereocenters. The maximum absolute atomic E-state index is 12.5. The molecule has 0 unspecified atom stereocenters. The van der Waals surface area contributed by atoms with Crippen LogP contribution in [0, 0.1) is 18.3 Å². The summed E-state index contributed by atoms with van der Waals surface area (Å²) in [7, 11) is 0. The van der Waals surface area contributed by atoms with Crippen LogP contribution in [0.25, 0.3) is 0 Å². The maximum Gasteiger partial charge on any atom is 0.311 e. The number of hydrogen-bond acceptors (Lipinski definition) is 3. The molecular weight excluding hydrogens is 298 g/mol. The Morgan fingerprint density at radius 2 is 2.30 bits per heavy atom. The first kappa shape index (κ1) is 13.9. The molecule has 0 radical (unpaired) electrons. The summed E-state index contributed by atoms with van der Waals surface area (Å²) in [5, 5.41) is 11.9. The summed E-state index contributed by atoms with van der Waals surface area (Å²) < 4.78 is 0. The van der Waals surface area contributed by atoms with Crippen LogP contribution in [0.1, 0.15) is 34.5 Å². The second-order valence-electron chi connectivity index (χ2n) is 5.80. The van der Waals surface area contributed by atoms with Crippen molar-refractivity contribution in [3.05, 3.63) is 20.8 Å². The van der Waals surface area contributed by atoms with Crippen LogP contribution in [-0.2, 0) is 4.79 Å². The summed E-state index contributed by atoms with van der Waals surface area (Å²) in [5.74, 6) is -0.796. The molecule has 2 aliphatic rings. The highest BCUT2D eigenvalue weighted by molar-refractivity contribution is 7.13. The SMILES string of the molecule is Cc1csc(C(=O)N2C[C@@H]3CCC[C@@]3(C(=O)O)C2)c1Cl. The van der Waals surface area contributed by atoms with Crippen LogP contribution in [0.4, 0.5) is 0 Å². The van der Waals surface area contributed by atoms with Crippen molar-refractivity contribution in [2.45, 2.75) is 26.2 Å². The molecule has 1 aromatic rings. The van der Waals surface area contributed by atoms with Gasteiger partial charge in [0.1, 0.15) is 4.88 Å². The molecule has 1 aliphatic carbocycles. The van der Waals surface area contributed by atoms with Crippen molar-refractivity contribution < 1.29 is 14.7 Å². The molecule has 3 rings (SSSR count). The van der Waals surface area contributed by atoms with Crippen molar-refractivity contribution in [3.63, 3.8) is 0 Å². The molecule has 1 saturated carbocycles. The average Bonchev–Trinajstić information content (AvgIpc) is 3.03. The van der Waals surface area contributed by atoms with Gasteiger partial charge in [0.2, 0.25) is 0 Å². The highest BCUT2D eigenvalue weighted by Crippen LogP contribution is 2.49. The van der Waals surface area contributed by atoms with Gasteiger partial charge in [0, 0.05) is 13.1 Å². The first-order valence-corrected chi connectivity index (χ1v) is 7.98. The number of carbonyl (C=O) groups is 2. The van der Waals surface area contributed by atoms with Gasteiger partial charge in [0.15, 0.2) is 0 Å². The Kier molecular flexibility index (Phi) is 3.29. The molecule has 4 nitrogen and oxygen atoms in total. The van der Waals surface area contributed by atoms with Gasteiger partial charge >= 0.3 is 5.97 Å². The molecule has 2 fully saturated rings. The number of carboxylic acids is 1. The number of carbonyl (C=O) groups excluding carboxylic acids is 1. The van der Waals surface area contributed by atoms with Crippen LogP contribution in [0.15, 0.2) is 5.38 Å². The monoisotopic (exact) mass is 313 g/mol. The van der Waals surface area contributed by atoms with E-state index < -0.39 is 11.4 Å². The van der Waals surface area contributed by atoms with Gasteiger partial charge in [-0.1, -0.05) is 18.0 Å². The van der Waals surface area contributed by atoms with Crippen molar-refractivity contribution in [3.8, 4) is 0 Å². The molecule has 1 saturated heterocycles. The Balaban J connectivity index is 1.86. The Morgan fingerprint density at radius 3 is 2.85 bits per heavy atom. The first-order chi connectivity index (χ1) is 9.45. The van der Waals surface area contributed by atoms with Gasteiger partial charge in [-0.15, -0.1) is 11.3 Å². The summed E-state index contributed by atoms with van der Waals surface area (Å²) in [5.41, 5.74) is 0.168. The van der Waals surface area contributed by atoms with E-state index in [9.17, 15) is 14.7 Å². The second kappa shape index (κ2) is 4.74. The van der Waals surface area contributed by atoms with Crippen LogP contribution >= 0.6 is 22.9 Å². The Morgan fingerprint density at radius 1 is 1.55 bits per heavy atom. The van der Waals surface area contributed by atoms with Crippen LogP contribution in [0.5, 0.6) is 0 Å². The van der Waals surface area contributed by atoms with E-state index in [0.717, 1.165) is 18.4 Å². The predicted octanol–water partition coefficient (Wildman–Crippen LogP) is 3.04. The molecule has 6 heteroatoms.